The summed E-state index contributed by atoms with van der Waals surface area (Å²) in [5.41, 5.74) is 5.75. The van der Waals surface area contributed by atoms with Crippen LogP contribution in [-0.4, -0.2) is 39.4 Å². The van der Waals surface area contributed by atoms with Crippen LogP contribution in [0.25, 0.3) is 16.6 Å². The van der Waals surface area contributed by atoms with Crippen molar-refractivity contribution in [1.82, 2.24) is 14.8 Å². The van der Waals surface area contributed by atoms with E-state index in [1.54, 1.807) is 6.20 Å². The highest BCUT2D eigenvalue weighted by Gasteiger charge is 2.14. The number of carbonyl (C=O) groups excluding carboxylic acids is 2. The molecule has 0 aliphatic carbocycles. The maximum Gasteiger partial charge on any atom is 0.195 e. The number of aromatic nitrogens is 3. The Labute approximate surface area is 225 Å². The van der Waals surface area contributed by atoms with Crippen LogP contribution in [0.5, 0.6) is 0 Å². The molecule has 5 aromatic rings. The summed E-state index contributed by atoms with van der Waals surface area (Å²) in [5.74, 6) is 0.141. The zero-order chi connectivity index (χ0) is 25.9. The summed E-state index contributed by atoms with van der Waals surface area (Å²) in [6.07, 6.45) is 7.94. The van der Waals surface area contributed by atoms with Gasteiger partial charge in [-0.1, -0.05) is 18.2 Å². The van der Waals surface area contributed by atoms with Crippen molar-refractivity contribution >= 4 is 39.5 Å². The molecular formula is C31H28N4O2S. The Kier molecular flexibility index (Phi) is 6.84. The van der Waals surface area contributed by atoms with Crippen LogP contribution in [0.1, 0.15) is 50.5 Å². The van der Waals surface area contributed by atoms with Gasteiger partial charge in [0.25, 0.3) is 0 Å². The van der Waals surface area contributed by atoms with Gasteiger partial charge in [-0.15, -0.1) is 11.3 Å². The molecule has 0 atom stereocenters. The van der Waals surface area contributed by atoms with Crippen LogP contribution in [0.4, 0.5) is 5.69 Å². The van der Waals surface area contributed by atoms with Gasteiger partial charge in [-0.3, -0.25) is 9.59 Å². The molecule has 0 spiro atoms. The van der Waals surface area contributed by atoms with E-state index in [1.807, 2.05) is 70.9 Å². The van der Waals surface area contributed by atoms with Gasteiger partial charge in [-0.2, -0.15) is 5.10 Å². The first-order valence-corrected chi connectivity index (χ1v) is 13.9. The molecule has 7 heteroatoms. The second kappa shape index (κ2) is 10.7. The predicted octanol–water partition coefficient (Wildman–Crippen LogP) is 6.32. The molecule has 1 aliphatic heterocycles. The van der Waals surface area contributed by atoms with E-state index in [-0.39, 0.29) is 11.6 Å². The third-order valence-corrected chi connectivity index (χ3v) is 7.94. The molecule has 0 N–H and O–H groups in total. The normalized spacial score (nSPS) is 13.6. The Balaban J connectivity index is 1.13. The van der Waals surface area contributed by atoms with E-state index in [9.17, 15) is 9.59 Å². The van der Waals surface area contributed by atoms with Crippen molar-refractivity contribution in [1.29, 1.82) is 0 Å². The quantitative estimate of drug-likeness (QED) is 0.224. The highest BCUT2D eigenvalue weighted by Crippen LogP contribution is 2.23. The van der Waals surface area contributed by atoms with Crippen molar-refractivity contribution in [2.75, 3.05) is 18.0 Å². The topological polar surface area (TPSA) is 68.1 Å². The Hall–Kier alpha value is -4.10. The number of Topliss-reactive ketones (excluding diaryl/α,β-unsaturated/α-hetero) is 2. The van der Waals surface area contributed by atoms with E-state index < -0.39 is 0 Å². The number of thiazole rings is 1. The lowest BCUT2D eigenvalue weighted by Crippen LogP contribution is -2.29. The second-order valence-corrected chi connectivity index (χ2v) is 10.6. The van der Waals surface area contributed by atoms with Crippen molar-refractivity contribution in [3.05, 3.63) is 106 Å². The summed E-state index contributed by atoms with van der Waals surface area (Å²) >= 11 is 1.36. The summed E-state index contributed by atoms with van der Waals surface area (Å²) in [6, 6.07) is 22.0. The van der Waals surface area contributed by atoms with Crippen molar-refractivity contribution in [2.24, 2.45) is 0 Å². The number of hydrogen-bond acceptors (Lipinski definition) is 6. The van der Waals surface area contributed by atoms with Gasteiger partial charge >= 0.3 is 0 Å². The molecule has 0 unspecified atom stereocenters. The third-order valence-electron chi connectivity index (χ3n) is 7.12. The summed E-state index contributed by atoms with van der Waals surface area (Å²) in [4.78, 5) is 31.8. The van der Waals surface area contributed by atoms with Crippen LogP contribution in [0, 0.1) is 0 Å². The van der Waals surface area contributed by atoms with Gasteiger partial charge in [0.1, 0.15) is 0 Å². The maximum absolute atomic E-state index is 13.0. The molecule has 6 rings (SSSR count). The van der Waals surface area contributed by atoms with E-state index in [0.717, 1.165) is 46.4 Å². The molecule has 0 bridgehead atoms. The number of ketones is 2. The van der Waals surface area contributed by atoms with Crippen LogP contribution in [-0.2, 0) is 12.8 Å². The van der Waals surface area contributed by atoms with E-state index in [0.29, 0.717) is 17.8 Å². The minimum absolute atomic E-state index is 0.0253. The highest BCUT2D eigenvalue weighted by atomic mass is 32.1. The minimum Gasteiger partial charge on any atom is -0.372 e. The molecule has 190 valence electrons. The predicted molar refractivity (Wildman–Crippen MR) is 152 cm³/mol. The Morgan fingerprint density at radius 1 is 0.789 bits per heavy atom. The lowest BCUT2D eigenvalue weighted by atomic mass is 10.0. The van der Waals surface area contributed by atoms with Crippen LogP contribution in [0.2, 0.25) is 0 Å². The number of benzene rings is 3. The first-order chi connectivity index (χ1) is 18.6. The fourth-order valence-corrected chi connectivity index (χ4v) is 5.65. The van der Waals surface area contributed by atoms with Gasteiger partial charge in [0.15, 0.2) is 16.6 Å². The number of nitrogens with zero attached hydrogens (tertiary/aromatic N) is 4. The summed E-state index contributed by atoms with van der Waals surface area (Å²) in [7, 11) is 0. The third kappa shape index (κ3) is 5.15. The van der Waals surface area contributed by atoms with Gasteiger partial charge in [0, 0.05) is 54.1 Å². The monoisotopic (exact) mass is 520 g/mol. The SMILES string of the molecule is O=C(Cc1ccc2c(cnn2-c2ccc(CC(=O)c3nccs3)cc2)c1)c1ccc(N2CCCCC2)cc1. The van der Waals surface area contributed by atoms with Crippen LogP contribution >= 0.6 is 11.3 Å². The smallest absolute Gasteiger partial charge is 0.195 e. The standard InChI is InChI=1S/C31H28N4O2S/c36-29(24-7-11-26(12-8-24)34-15-2-1-3-16-34)20-23-6-13-28-25(18-23)21-33-35(28)27-9-4-22(5-10-27)19-30(37)31-32-14-17-38-31/h4-14,17-18,21H,1-3,15-16,19-20H2. The Bertz CT molecular complexity index is 1570. The largest absolute Gasteiger partial charge is 0.372 e. The molecule has 0 radical (unpaired) electrons. The van der Waals surface area contributed by atoms with Gasteiger partial charge in [-0.05, 0) is 78.9 Å². The summed E-state index contributed by atoms with van der Waals surface area (Å²) in [5, 5.41) is 7.92. The minimum atomic E-state index is 0.0253. The van der Waals surface area contributed by atoms with Crippen LogP contribution in [0.15, 0.2) is 84.5 Å². The molecule has 1 aliphatic rings. The average molecular weight is 521 g/mol. The molecule has 0 amide bonds. The lowest BCUT2D eigenvalue weighted by Gasteiger charge is -2.28. The zero-order valence-corrected chi connectivity index (χ0v) is 21.9. The second-order valence-electron chi connectivity index (χ2n) is 9.75. The zero-order valence-electron chi connectivity index (χ0n) is 21.0. The van der Waals surface area contributed by atoms with E-state index >= 15 is 0 Å². The number of piperidine rings is 1. The average Bonchev–Trinajstić information content (AvgIpc) is 3.65. The molecule has 3 aromatic carbocycles. The van der Waals surface area contributed by atoms with E-state index in [2.05, 4.69) is 27.1 Å². The number of carbonyl (C=O) groups is 2. The maximum atomic E-state index is 13.0. The highest BCUT2D eigenvalue weighted by molar-refractivity contribution is 7.11. The molecule has 1 saturated heterocycles. The molecule has 1 fully saturated rings. The number of hydrogen-bond donors (Lipinski definition) is 0. The fourth-order valence-electron chi connectivity index (χ4n) is 5.07. The van der Waals surface area contributed by atoms with Gasteiger partial charge in [0.05, 0.1) is 17.4 Å². The van der Waals surface area contributed by atoms with E-state index in [1.165, 1.54) is 36.3 Å². The van der Waals surface area contributed by atoms with Crippen molar-refractivity contribution in [2.45, 2.75) is 32.1 Å². The fraction of sp³-hybridized carbons (Fsp3) is 0.226. The van der Waals surface area contributed by atoms with Crippen LogP contribution < -0.4 is 4.90 Å². The first-order valence-electron chi connectivity index (χ1n) is 13.0. The Morgan fingerprint density at radius 3 is 2.24 bits per heavy atom. The molecule has 0 saturated carbocycles. The van der Waals surface area contributed by atoms with Gasteiger partial charge < -0.3 is 4.90 Å². The lowest BCUT2D eigenvalue weighted by molar-refractivity contribution is 0.0984. The van der Waals surface area contributed by atoms with E-state index in [4.69, 9.17) is 0 Å². The molecule has 3 heterocycles. The molecule has 6 nitrogen and oxygen atoms in total. The van der Waals surface area contributed by atoms with Gasteiger partial charge in [-0.25, -0.2) is 9.67 Å². The van der Waals surface area contributed by atoms with Crippen molar-refractivity contribution in [3.8, 4) is 5.69 Å². The molecule has 38 heavy (non-hydrogen) atoms. The molecular weight excluding hydrogens is 492 g/mol. The van der Waals surface area contributed by atoms with Crippen LogP contribution in [0.3, 0.4) is 0 Å². The Morgan fingerprint density at radius 2 is 1.50 bits per heavy atom. The number of anilines is 1. The number of fused-ring (bicyclic) bond motifs is 1. The van der Waals surface area contributed by atoms with Crippen molar-refractivity contribution < 1.29 is 9.59 Å². The number of rotatable bonds is 8. The summed E-state index contributed by atoms with van der Waals surface area (Å²) < 4.78 is 1.88. The van der Waals surface area contributed by atoms with Gasteiger partial charge in [0.2, 0.25) is 0 Å². The molecule has 2 aromatic heterocycles. The van der Waals surface area contributed by atoms with Crippen molar-refractivity contribution in [3.63, 3.8) is 0 Å². The summed E-state index contributed by atoms with van der Waals surface area (Å²) in [6.45, 7) is 2.19. The first kappa shape index (κ1) is 24.2.